The van der Waals surface area contributed by atoms with E-state index in [1.807, 2.05) is 29.7 Å². The van der Waals surface area contributed by atoms with Crippen molar-refractivity contribution in [1.82, 2.24) is 10.2 Å². The summed E-state index contributed by atoms with van der Waals surface area (Å²) in [7, 11) is 4.19. The second-order valence-electron chi connectivity index (χ2n) is 4.58. The molecule has 0 saturated carbocycles. The maximum atomic E-state index is 3.21. The molecule has 0 atom stereocenters. The fourth-order valence-electron chi connectivity index (χ4n) is 2.02. The average Bonchev–Trinajstić information content (AvgIpc) is 2.91. The number of nitrogens with one attached hydrogen (secondary N) is 1. The van der Waals surface area contributed by atoms with Gasteiger partial charge in [-0.15, -0.1) is 22.7 Å². The van der Waals surface area contributed by atoms with Gasteiger partial charge in [0, 0.05) is 34.3 Å². The van der Waals surface area contributed by atoms with Crippen LogP contribution in [0.5, 0.6) is 0 Å². The molecule has 2 heterocycles. The van der Waals surface area contributed by atoms with Gasteiger partial charge in [0.25, 0.3) is 0 Å². The van der Waals surface area contributed by atoms with Crippen LogP contribution >= 0.6 is 22.7 Å². The molecule has 1 N–H and O–H groups in total. The third kappa shape index (κ3) is 3.65. The highest BCUT2D eigenvalue weighted by Gasteiger charge is 2.08. The van der Waals surface area contributed by atoms with E-state index in [2.05, 4.69) is 47.8 Å². The van der Waals surface area contributed by atoms with Crippen LogP contribution in [0.25, 0.3) is 0 Å². The van der Waals surface area contributed by atoms with Crippen LogP contribution in [0.15, 0.2) is 23.6 Å². The van der Waals surface area contributed by atoms with Crippen LogP contribution in [0.2, 0.25) is 0 Å². The van der Waals surface area contributed by atoms with Crippen LogP contribution in [0.1, 0.15) is 20.2 Å². The quantitative estimate of drug-likeness (QED) is 0.871. The van der Waals surface area contributed by atoms with Gasteiger partial charge < -0.3 is 5.32 Å². The maximum absolute atomic E-state index is 3.21. The van der Waals surface area contributed by atoms with Crippen LogP contribution in [0, 0.1) is 6.92 Å². The zero-order valence-corrected chi connectivity index (χ0v) is 12.8. The lowest BCUT2D eigenvalue weighted by molar-refractivity contribution is 0.322. The zero-order chi connectivity index (χ0) is 13.0. The summed E-state index contributed by atoms with van der Waals surface area (Å²) in [4.78, 5) is 6.68. The number of thiophene rings is 2. The first-order chi connectivity index (χ1) is 8.69. The van der Waals surface area contributed by atoms with Crippen molar-refractivity contribution in [3.05, 3.63) is 43.8 Å². The summed E-state index contributed by atoms with van der Waals surface area (Å²) < 4.78 is 0. The predicted molar refractivity (Wildman–Crippen MR) is 81.3 cm³/mol. The first-order valence-electron chi connectivity index (χ1n) is 6.12. The Kier molecular flexibility index (Phi) is 4.95. The summed E-state index contributed by atoms with van der Waals surface area (Å²) in [5.74, 6) is 0. The van der Waals surface area contributed by atoms with E-state index < -0.39 is 0 Å². The van der Waals surface area contributed by atoms with Crippen molar-refractivity contribution < 1.29 is 0 Å². The molecular weight excluding hydrogens is 260 g/mol. The lowest BCUT2D eigenvalue weighted by Crippen LogP contribution is -2.16. The molecule has 0 amide bonds. The summed E-state index contributed by atoms with van der Waals surface area (Å²) in [5.41, 5.74) is 1.46. The molecule has 0 aliphatic carbocycles. The molecular formula is C14H20N2S2. The molecule has 0 saturated heterocycles. The molecule has 2 aromatic heterocycles. The van der Waals surface area contributed by atoms with E-state index in [1.165, 1.54) is 20.2 Å². The van der Waals surface area contributed by atoms with Crippen LogP contribution in [0.4, 0.5) is 0 Å². The summed E-state index contributed by atoms with van der Waals surface area (Å²) >= 11 is 3.73. The van der Waals surface area contributed by atoms with Crippen LogP contribution in [0.3, 0.4) is 0 Å². The van der Waals surface area contributed by atoms with Crippen molar-refractivity contribution in [1.29, 1.82) is 0 Å². The smallest absolute Gasteiger partial charge is 0.0328 e. The molecule has 2 nitrogen and oxygen atoms in total. The largest absolute Gasteiger partial charge is 0.315 e. The van der Waals surface area contributed by atoms with Crippen molar-refractivity contribution in [3.63, 3.8) is 0 Å². The molecule has 0 unspecified atom stereocenters. The fourth-order valence-corrected chi connectivity index (χ4v) is 3.87. The topological polar surface area (TPSA) is 15.3 Å². The molecule has 0 aliphatic rings. The monoisotopic (exact) mass is 280 g/mol. The molecule has 2 rings (SSSR count). The van der Waals surface area contributed by atoms with Gasteiger partial charge in [0.05, 0.1) is 0 Å². The minimum atomic E-state index is 0.972. The Morgan fingerprint density at radius 2 is 2.11 bits per heavy atom. The molecule has 0 aromatic carbocycles. The number of hydrogen-bond acceptors (Lipinski definition) is 4. The standard InChI is InChI=1S/C14H20N2S2/c1-11-12(7-14(18-11)8-15-2)9-16(3)10-13-5-4-6-17-13/h4-7,15H,8-10H2,1-3H3. The highest BCUT2D eigenvalue weighted by molar-refractivity contribution is 7.12. The normalized spacial score (nSPS) is 11.3. The number of rotatable bonds is 6. The number of aryl methyl sites for hydroxylation is 1. The van der Waals surface area contributed by atoms with Gasteiger partial charge in [0.1, 0.15) is 0 Å². The van der Waals surface area contributed by atoms with Crippen LogP contribution < -0.4 is 5.32 Å². The average molecular weight is 280 g/mol. The van der Waals surface area contributed by atoms with Crippen molar-refractivity contribution in [2.45, 2.75) is 26.6 Å². The Bertz CT molecular complexity index is 474. The Hall–Kier alpha value is -0.680. The van der Waals surface area contributed by atoms with Gasteiger partial charge in [-0.3, -0.25) is 4.90 Å². The number of hydrogen-bond donors (Lipinski definition) is 1. The molecule has 18 heavy (non-hydrogen) atoms. The van der Waals surface area contributed by atoms with E-state index in [9.17, 15) is 0 Å². The molecule has 0 radical (unpaired) electrons. The molecule has 98 valence electrons. The van der Waals surface area contributed by atoms with E-state index in [0.717, 1.165) is 19.6 Å². The van der Waals surface area contributed by atoms with E-state index in [4.69, 9.17) is 0 Å². The van der Waals surface area contributed by atoms with E-state index >= 15 is 0 Å². The van der Waals surface area contributed by atoms with Gasteiger partial charge in [-0.25, -0.2) is 0 Å². The lowest BCUT2D eigenvalue weighted by Gasteiger charge is -2.15. The van der Waals surface area contributed by atoms with Crippen LogP contribution in [-0.2, 0) is 19.6 Å². The van der Waals surface area contributed by atoms with E-state index in [1.54, 1.807) is 0 Å². The lowest BCUT2D eigenvalue weighted by atomic mass is 10.2. The maximum Gasteiger partial charge on any atom is 0.0328 e. The predicted octanol–water partition coefficient (Wildman–Crippen LogP) is 3.47. The van der Waals surface area contributed by atoms with Gasteiger partial charge in [0.15, 0.2) is 0 Å². The van der Waals surface area contributed by atoms with Gasteiger partial charge >= 0.3 is 0 Å². The van der Waals surface area contributed by atoms with Gasteiger partial charge in [0.2, 0.25) is 0 Å². The number of nitrogens with zero attached hydrogens (tertiary/aromatic N) is 1. The van der Waals surface area contributed by atoms with Gasteiger partial charge in [-0.1, -0.05) is 6.07 Å². The van der Waals surface area contributed by atoms with Crippen LogP contribution in [-0.4, -0.2) is 19.0 Å². The van der Waals surface area contributed by atoms with Crippen molar-refractivity contribution in [3.8, 4) is 0 Å². The zero-order valence-electron chi connectivity index (χ0n) is 11.2. The highest BCUT2D eigenvalue weighted by Crippen LogP contribution is 2.23. The fraction of sp³-hybridized carbons (Fsp3) is 0.429. The van der Waals surface area contributed by atoms with E-state index in [0.29, 0.717) is 0 Å². The SMILES string of the molecule is CNCc1cc(CN(C)Cc2cccs2)c(C)s1. The van der Waals surface area contributed by atoms with Crippen molar-refractivity contribution in [2.24, 2.45) is 0 Å². The Labute approximate surface area is 117 Å². The molecule has 0 aliphatic heterocycles. The molecule has 4 heteroatoms. The van der Waals surface area contributed by atoms with E-state index in [-0.39, 0.29) is 0 Å². The summed E-state index contributed by atoms with van der Waals surface area (Å²) in [6.07, 6.45) is 0. The summed E-state index contributed by atoms with van der Waals surface area (Å²) in [6.45, 7) is 5.26. The Morgan fingerprint density at radius 3 is 2.78 bits per heavy atom. The minimum Gasteiger partial charge on any atom is -0.315 e. The minimum absolute atomic E-state index is 0.972. The third-order valence-electron chi connectivity index (χ3n) is 2.87. The van der Waals surface area contributed by atoms with Crippen molar-refractivity contribution in [2.75, 3.05) is 14.1 Å². The highest BCUT2D eigenvalue weighted by atomic mass is 32.1. The second-order valence-corrected chi connectivity index (χ2v) is 6.95. The Balaban J connectivity index is 1.95. The molecule has 0 fully saturated rings. The van der Waals surface area contributed by atoms with Gasteiger partial charge in [-0.2, -0.15) is 0 Å². The Morgan fingerprint density at radius 1 is 1.28 bits per heavy atom. The first kappa shape index (κ1) is 13.7. The summed E-state index contributed by atoms with van der Waals surface area (Å²) in [5, 5.41) is 5.36. The summed E-state index contributed by atoms with van der Waals surface area (Å²) in [6, 6.07) is 6.66. The molecule has 2 aromatic rings. The van der Waals surface area contributed by atoms with Crippen molar-refractivity contribution >= 4 is 22.7 Å². The van der Waals surface area contributed by atoms with Gasteiger partial charge in [-0.05, 0) is 44.1 Å². The second kappa shape index (κ2) is 6.48. The first-order valence-corrected chi connectivity index (χ1v) is 7.82. The molecule has 0 bridgehead atoms. The molecule has 0 spiro atoms. The third-order valence-corrected chi connectivity index (χ3v) is 4.82.